The average Bonchev–Trinajstić information content (AvgIpc) is 2.63. The minimum absolute atomic E-state index is 0.682. The van der Waals surface area contributed by atoms with E-state index in [2.05, 4.69) is 24.0 Å². The van der Waals surface area contributed by atoms with Crippen molar-refractivity contribution in [3.63, 3.8) is 0 Å². The summed E-state index contributed by atoms with van der Waals surface area (Å²) in [6.45, 7) is 3.73. The van der Waals surface area contributed by atoms with Gasteiger partial charge in [0, 0.05) is 17.7 Å². The molecule has 0 bridgehead atoms. The summed E-state index contributed by atoms with van der Waals surface area (Å²) in [4.78, 5) is 4.45. The highest BCUT2D eigenvalue weighted by Crippen LogP contribution is 2.19. The number of nitrogens with zero attached hydrogens (tertiary/aromatic N) is 1. The van der Waals surface area contributed by atoms with Crippen LogP contribution in [0.15, 0.2) is 29.3 Å². The molecule has 1 aliphatic heterocycles. The van der Waals surface area contributed by atoms with Crippen molar-refractivity contribution in [1.29, 1.82) is 0 Å². The molecular formula is C12H15NO. The zero-order valence-electron chi connectivity index (χ0n) is 8.49. The van der Waals surface area contributed by atoms with Gasteiger partial charge in [-0.1, -0.05) is 31.5 Å². The fraction of sp³-hybridized carbons (Fsp3) is 0.417. The maximum Gasteiger partial charge on any atom is 0.216 e. The van der Waals surface area contributed by atoms with Gasteiger partial charge in [0.05, 0.1) is 0 Å². The van der Waals surface area contributed by atoms with Gasteiger partial charge in [-0.15, -0.1) is 0 Å². The smallest absolute Gasteiger partial charge is 0.216 e. The first-order valence-electron chi connectivity index (χ1n) is 5.17. The van der Waals surface area contributed by atoms with Gasteiger partial charge in [-0.05, 0) is 12.5 Å². The third-order valence-electron chi connectivity index (χ3n) is 2.38. The van der Waals surface area contributed by atoms with Gasteiger partial charge < -0.3 is 4.74 Å². The van der Waals surface area contributed by atoms with Crippen molar-refractivity contribution in [2.75, 3.05) is 6.54 Å². The Balaban J connectivity index is 2.13. The zero-order valence-corrected chi connectivity index (χ0v) is 8.49. The summed E-state index contributed by atoms with van der Waals surface area (Å²) in [5.74, 6) is 0.828. The highest BCUT2D eigenvalue weighted by Gasteiger charge is 2.17. The van der Waals surface area contributed by atoms with Crippen molar-refractivity contribution < 1.29 is 4.74 Å². The van der Waals surface area contributed by atoms with Crippen LogP contribution in [0.1, 0.15) is 30.9 Å². The van der Waals surface area contributed by atoms with Gasteiger partial charge in [-0.25, -0.2) is 0 Å². The Morgan fingerprint density at radius 3 is 3.07 bits per heavy atom. The lowest BCUT2D eigenvalue weighted by Crippen LogP contribution is -1.98. The van der Waals surface area contributed by atoms with Crippen molar-refractivity contribution in [3.05, 3.63) is 35.4 Å². The van der Waals surface area contributed by atoms with Crippen molar-refractivity contribution >= 4 is 5.90 Å². The van der Waals surface area contributed by atoms with Gasteiger partial charge >= 0.3 is 0 Å². The van der Waals surface area contributed by atoms with Crippen LogP contribution in [-0.4, -0.2) is 12.4 Å². The lowest BCUT2D eigenvalue weighted by atomic mass is 10.1. The standard InChI is InChI=1S/C12H15NO/c1-2-3-8-13-12-11-7-5-4-6-10(11)9-14-12/h4-7H,2-3,8-9H2,1H3. The summed E-state index contributed by atoms with van der Waals surface area (Å²) >= 11 is 0. The van der Waals surface area contributed by atoms with Gasteiger partial charge in [0.15, 0.2) is 0 Å². The molecule has 2 nitrogen and oxygen atoms in total. The summed E-state index contributed by atoms with van der Waals surface area (Å²) in [6.07, 6.45) is 2.31. The van der Waals surface area contributed by atoms with Crippen LogP contribution in [0.5, 0.6) is 0 Å². The van der Waals surface area contributed by atoms with E-state index in [-0.39, 0.29) is 0 Å². The van der Waals surface area contributed by atoms with Crippen LogP contribution < -0.4 is 0 Å². The summed E-state index contributed by atoms with van der Waals surface area (Å²) in [5.41, 5.74) is 2.42. The second kappa shape index (κ2) is 4.27. The Hall–Kier alpha value is -1.31. The molecule has 0 aromatic heterocycles. The molecule has 1 heterocycles. The quantitative estimate of drug-likeness (QED) is 0.670. The Morgan fingerprint density at radius 1 is 1.36 bits per heavy atom. The van der Waals surface area contributed by atoms with Gasteiger partial charge in [0.1, 0.15) is 6.61 Å². The molecule has 0 radical (unpaired) electrons. The number of rotatable bonds is 3. The number of fused-ring (bicyclic) bond motifs is 1. The molecule has 0 fully saturated rings. The topological polar surface area (TPSA) is 21.6 Å². The number of ether oxygens (including phenoxy) is 1. The Kier molecular flexibility index (Phi) is 2.82. The van der Waals surface area contributed by atoms with Gasteiger partial charge in [-0.2, -0.15) is 0 Å². The van der Waals surface area contributed by atoms with E-state index in [4.69, 9.17) is 4.74 Å². The van der Waals surface area contributed by atoms with E-state index in [1.807, 2.05) is 12.1 Å². The van der Waals surface area contributed by atoms with Crippen LogP contribution in [0, 0.1) is 0 Å². The first kappa shape index (κ1) is 9.25. The lowest BCUT2D eigenvalue weighted by Gasteiger charge is -1.98. The summed E-state index contributed by atoms with van der Waals surface area (Å²) < 4.78 is 5.52. The maximum absolute atomic E-state index is 5.52. The largest absolute Gasteiger partial charge is 0.473 e. The highest BCUT2D eigenvalue weighted by atomic mass is 16.5. The Morgan fingerprint density at radius 2 is 2.21 bits per heavy atom. The summed E-state index contributed by atoms with van der Waals surface area (Å²) in [5, 5.41) is 0. The van der Waals surface area contributed by atoms with Crippen LogP contribution in [-0.2, 0) is 11.3 Å². The second-order valence-electron chi connectivity index (χ2n) is 3.49. The fourth-order valence-electron chi connectivity index (χ4n) is 1.55. The van der Waals surface area contributed by atoms with Crippen molar-refractivity contribution in [1.82, 2.24) is 0 Å². The summed E-state index contributed by atoms with van der Waals surface area (Å²) in [7, 11) is 0. The second-order valence-corrected chi connectivity index (χ2v) is 3.49. The third kappa shape index (κ3) is 1.79. The van der Waals surface area contributed by atoms with E-state index in [0.29, 0.717) is 6.61 Å². The molecular weight excluding hydrogens is 174 g/mol. The molecule has 0 N–H and O–H groups in total. The molecule has 1 aliphatic rings. The lowest BCUT2D eigenvalue weighted by molar-refractivity contribution is 0.311. The van der Waals surface area contributed by atoms with Crippen LogP contribution in [0.2, 0.25) is 0 Å². The third-order valence-corrected chi connectivity index (χ3v) is 2.38. The van der Waals surface area contributed by atoms with Crippen molar-refractivity contribution in [2.45, 2.75) is 26.4 Å². The first-order chi connectivity index (χ1) is 6.92. The number of benzene rings is 1. The fourth-order valence-corrected chi connectivity index (χ4v) is 1.55. The van der Waals surface area contributed by atoms with Gasteiger partial charge in [0.25, 0.3) is 0 Å². The first-order valence-corrected chi connectivity index (χ1v) is 5.17. The molecule has 0 amide bonds. The number of hydrogen-bond donors (Lipinski definition) is 0. The van der Waals surface area contributed by atoms with E-state index in [0.717, 1.165) is 18.9 Å². The monoisotopic (exact) mass is 189 g/mol. The van der Waals surface area contributed by atoms with E-state index >= 15 is 0 Å². The molecule has 2 rings (SSSR count). The van der Waals surface area contributed by atoms with E-state index in [1.165, 1.54) is 17.5 Å². The molecule has 0 unspecified atom stereocenters. The molecule has 0 atom stereocenters. The molecule has 1 aromatic carbocycles. The summed E-state index contributed by atoms with van der Waals surface area (Å²) in [6, 6.07) is 8.24. The number of hydrogen-bond acceptors (Lipinski definition) is 2. The zero-order chi connectivity index (χ0) is 9.80. The molecule has 14 heavy (non-hydrogen) atoms. The predicted molar refractivity (Wildman–Crippen MR) is 57.5 cm³/mol. The molecule has 1 aromatic rings. The van der Waals surface area contributed by atoms with Crippen LogP contribution in [0.4, 0.5) is 0 Å². The molecule has 0 aliphatic carbocycles. The average molecular weight is 189 g/mol. The normalized spacial score (nSPS) is 16.8. The SMILES string of the molecule is CCCCN=C1OCc2ccccc21. The van der Waals surface area contributed by atoms with E-state index in [1.54, 1.807) is 0 Å². The number of unbranched alkanes of at least 4 members (excludes halogenated alkanes) is 1. The molecule has 0 spiro atoms. The number of aliphatic imine (C=N–C) groups is 1. The minimum Gasteiger partial charge on any atom is -0.473 e. The van der Waals surface area contributed by atoms with E-state index < -0.39 is 0 Å². The minimum atomic E-state index is 0.682. The van der Waals surface area contributed by atoms with Crippen LogP contribution >= 0.6 is 0 Å². The maximum atomic E-state index is 5.52. The highest BCUT2D eigenvalue weighted by molar-refractivity contribution is 5.97. The molecule has 0 saturated heterocycles. The van der Waals surface area contributed by atoms with Crippen molar-refractivity contribution in [2.24, 2.45) is 4.99 Å². The van der Waals surface area contributed by atoms with E-state index in [9.17, 15) is 0 Å². The molecule has 0 saturated carbocycles. The van der Waals surface area contributed by atoms with Gasteiger partial charge in [0.2, 0.25) is 5.90 Å². The van der Waals surface area contributed by atoms with Gasteiger partial charge in [-0.3, -0.25) is 4.99 Å². The predicted octanol–water partition coefficient (Wildman–Crippen LogP) is 2.76. The Labute approximate surface area is 84.6 Å². The molecule has 74 valence electrons. The Bertz CT molecular complexity index is 344. The van der Waals surface area contributed by atoms with Crippen molar-refractivity contribution in [3.8, 4) is 0 Å². The van der Waals surface area contributed by atoms with Crippen LogP contribution in [0.3, 0.4) is 0 Å². The van der Waals surface area contributed by atoms with Crippen LogP contribution in [0.25, 0.3) is 0 Å². The molecule has 2 heteroatoms.